The van der Waals surface area contributed by atoms with Gasteiger partial charge >= 0.3 is 0 Å². The molecule has 0 fully saturated rings. The first kappa shape index (κ1) is 9.74. The quantitative estimate of drug-likeness (QED) is 0.356. The van der Waals surface area contributed by atoms with Crippen LogP contribution in [0.4, 0.5) is 0 Å². The summed E-state index contributed by atoms with van der Waals surface area (Å²) >= 11 is 0. The van der Waals surface area contributed by atoms with Crippen molar-refractivity contribution in [3.05, 3.63) is 36.5 Å². The third kappa shape index (κ3) is 2.32. The fraction of sp³-hybridized carbons (Fsp3) is 0.455. The molecule has 66 valence electrons. The average Bonchev–Trinajstić information content (AvgIpc) is 2.48. The second-order valence-electron chi connectivity index (χ2n) is 3.68. The second-order valence-corrected chi connectivity index (χ2v) is 7.97. The summed E-state index contributed by atoms with van der Waals surface area (Å²) < 4.78 is 0. The van der Waals surface area contributed by atoms with Gasteiger partial charge in [0.1, 0.15) is 0 Å². The van der Waals surface area contributed by atoms with Crippen molar-refractivity contribution in [3.63, 3.8) is 0 Å². The van der Waals surface area contributed by atoms with Crippen LogP contribution in [0.3, 0.4) is 0 Å². The molecule has 1 aliphatic heterocycles. The second kappa shape index (κ2) is 4.05. The highest BCUT2D eigenvalue weighted by Crippen LogP contribution is 2.59. The summed E-state index contributed by atoms with van der Waals surface area (Å²) in [6, 6.07) is 0. The van der Waals surface area contributed by atoms with Crippen molar-refractivity contribution >= 4 is 7.26 Å². The monoisotopic (exact) mass is 181 g/mol. The highest BCUT2D eigenvalue weighted by Gasteiger charge is 2.32. The molecule has 0 bridgehead atoms. The van der Waals surface area contributed by atoms with Crippen LogP contribution in [-0.4, -0.2) is 25.2 Å². The highest BCUT2D eigenvalue weighted by atomic mass is 31.2. The summed E-state index contributed by atoms with van der Waals surface area (Å²) in [7, 11) is -0.660. The van der Waals surface area contributed by atoms with Crippen LogP contribution < -0.4 is 0 Å². The lowest BCUT2D eigenvalue weighted by Gasteiger charge is -2.16. The van der Waals surface area contributed by atoms with Crippen molar-refractivity contribution in [2.75, 3.05) is 25.2 Å². The van der Waals surface area contributed by atoms with Gasteiger partial charge in [-0.25, -0.2) is 0 Å². The summed E-state index contributed by atoms with van der Waals surface area (Å²) in [5, 5.41) is 0. The van der Waals surface area contributed by atoms with E-state index in [9.17, 15) is 0 Å². The first-order chi connectivity index (χ1) is 5.70. The SMILES string of the molecule is C=CC(=CC)C[P+]1(C)CC=CC1. The van der Waals surface area contributed by atoms with Crippen molar-refractivity contribution < 1.29 is 0 Å². The lowest BCUT2D eigenvalue weighted by Crippen LogP contribution is -2.01. The normalized spacial score (nSPS) is 21.3. The van der Waals surface area contributed by atoms with E-state index in [0.717, 1.165) is 0 Å². The maximum absolute atomic E-state index is 3.83. The van der Waals surface area contributed by atoms with Gasteiger partial charge in [0.15, 0.2) is 0 Å². The van der Waals surface area contributed by atoms with Crippen LogP contribution in [0.1, 0.15) is 6.92 Å². The molecule has 0 unspecified atom stereocenters. The standard InChI is InChI=1S/C11H18P/c1-4-11(5-2)10-12(3)8-6-7-9-12/h4-7H,1,8-10H2,2-3H3/q+1. The first-order valence-corrected chi connectivity index (χ1v) is 7.25. The van der Waals surface area contributed by atoms with Gasteiger partial charge in [0.25, 0.3) is 0 Å². The minimum Gasteiger partial charge on any atom is -0.0987 e. The topological polar surface area (TPSA) is 0 Å². The molecule has 1 heterocycles. The Balaban J connectivity index is 2.55. The Morgan fingerprint density at radius 1 is 1.50 bits per heavy atom. The molecule has 0 atom stereocenters. The fourth-order valence-electron chi connectivity index (χ4n) is 1.58. The molecule has 0 aromatic rings. The third-order valence-corrected chi connectivity index (χ3v) is 5.77. The highest BCUT2D eigenvalue weighted by molar-refractivity contribution is 7.76. The van der Waals surface area contributed by atoms with E-state index in [1.54, 1.807) is 0 Å². The molecule has 0 aromatic heterocycles. The van der Waals surface area contributed by atoms with Crippen molar-refractivity contribution in [1.82, 2.24) is 0 Å². The van der Waals surface area contributed by atoms with Gasteiger partial charge in [-0.1, -0.05) is 18.7 Å². The molecule has 0 N–H and O–H groups in total. The molecule has 0 amide bonds. The predicted molar refractivity (Wildman–Crippen MR) is 60.5 cm³/mol. The van der Waals surface area contributed by atoms with E-state index in [0.29, 0.717) is 0 Å². The molecule has 1 rings (SSSR count). The molecular formula is C11H18P+. The first-order valence-electron chi connectivity index (χ1n) is 4.46. The van der Waals surface area contributed by atoms with Gasteiger partial charge in [-0.05, 0) is 24.6 Å². The molecule has 0 nitrogen and oxygen atoms in total. The Morgan fingerprint density at radius 3 is 2.50 bits per heavy atom. The van der Waals surface area contributed by atoms with Crippen molar-refractivity contribution in [1.29, 1.82) is 0 Å². The van der Waals surface area contributed by atoms with E-state index in [2.05, 4.69) is 38.4 Å². The van der Waals surface area contributed by atoms with Gasteiger partial charge in [-0.3, -0.25) is 0 Å². The van der Waals surface area contributed by atoms with Crippen LogP contribution in [0.25, 0.3) is 0 Å². The molecule has 1 aliphatic rings. The van der Waals surface area contributed by atoms with Crippen LogP contribution in [0.5, 0.6) is 0 Å². The zero-order chi connectivity index (χ0) is 9.03. The minimum atomic E-state index is -0.660. The summed E-state index contributed by atoms with van der Waals surface area (Å²) in [5.41, 5.74) is 1.43. The van der Waals surface area contributed by atoms with Crippen molar-refractivity contribution in [3.8, 4) is 0 Å². The molecule has 12 heavy (non-hydrogen) atoms. The molecule has 0 saturated carbocycles. The van der Waals surface area contributed by atoms with Crippen LogP contribution in [0.15, 0.2) is 36.5 Å². The van der Waals surface area contributed by atoms with E-state index in [1.165, 1.54) is 24.1 Å². The molecule has 0 radical (unpaired) electrons. The van der Waals surface area contributed by atoms with Crippen molar-refractivity contribution in [2.45, 2.75) is 6.92 Å². The molecule has 1 heteroatoms. The van der Waals surface area contributed by atoms with Crippen molar-refractivity contribution in [2.24, 2.45) is 0 Å². The number of hydrogen-bond donors (Lipinski definition) is 0. The molecule has 0 spiro atoms. The van der Waals surface area contributed by atoms with E-state index >= 15 is 0 Å². The van der Waals surface area contributed by atoms with Crippen LogP contribution in [0.2, 0.25) is 0 Å². The Kier molecular flexibility index (Phi) is 3.29. The van der Waals surface area contributed by atoms with E-state index in [4.69, 9.17) is 0 Å². The van der Waals surface area contributed by atoms with Gasteiger partial charge < -0.3 is 0 Å². The largest absolute Gasteiger partial charge is 0.0987 e. The number of allylic oxidation sites excluding steroid dienone is 5. The number of hydrogen-bond acceptors (Lipinski definition) is 0. The third-order valence-electron chi connectivity index (χ3n) is 2.46. The van der Waals surface area contributed by atoms with Gasteiger partial charge in [-0.15, -0.1) is 0 Å². The van der Waals surface area contributed by atoms with Gasteiger partial charge in [-0.2, -0.15) is 0 Å². The molecule has 0 aromatic carbocycles. The smallest absolute Gasteiger partial charge is 0.0843 e. The number of rotatable bonds is 3. The van der Waals surface area contributed by atoms with Gasteiger partial charge in [0.2, 0.25) is 0 Å². The lowest BCUT2D eigenvalue weighted by atomic mass is 10.3. The zero-order valence-corrected chi connectivity index (χ0v) is 8.98. The Hall–Kier alpha value is -0.350. The Morgan fingerprint density at radius 2 is 2.08 bits per heavy atom. The predicted octanol–water partition coefficient (Wildman–Crippen LogP) is 3.34. The average molecular weight is 181 g/mol. The van der Waals surface area contributed by atoms with E-state index < -0.39 is 7.26 Å². The fourth-order valence-corrected chi connectivity index (χ4v) is 4.49. The van der Waals surface area contributed by atoms with E-state index in [1.807, 2.05) is 6.08 Å². The van der Waals surface area contributed by atoms with Gasteiger partial charge in [0, 0.05) is 13.9 Å². The Bertz CT molecular complexity index is 215. The minimum absolute atomic E-state index is 0.660. The summed E-state index contributed by atoms with van der Waals surface area (Å²) in [4.78, 5) is 0. The maximum atomic E-state index is 3.83. The summed E-state index contributed by atoms with van der Waals surface area (Å²) in [6.07, 6.45) is 12.8. The summed E-state index contributed by atoms with van der Waals surface area (Å²) in [5.74, 6) is 0. The van der Waals surface area contributed by atoms with Crippen LogP contribution in [-0.2, 0) is 0 Å². The van der Waals surface area contributed by atoms with E-state index in [-0.39, 0.29) is 0 Å². The summed E-state index contributed by atoms with van der Waals surface area (Å²) in [6.45, 7) is 8.40. The molecule has 0 aliphatic carbocycles. The maximum Gasteiger partial charge on any atom is 0.0843 e. The molecule has 0 saturated heterocycles. The Labute approximate surface area is 76.4 Å². The zero-order valence-electron chi connectivity index (χ0n) is 8.09. The van der Waals surface area contributed by atoms with Crippen LogP contribution in [0, 0.1) is 0 Å². The van der Waals surface area contributed by atoms with Crippen LogP contribution >= 0.6 is 7.26 Å². The molecular weight excluding hydrogens is 163 g/mol. The lowest BCUT2D eigenvalue weighted by molar-refractivity contribution is 1.44. The van der Waals surface area contributed by atoms with Gasteiger partial charge in [0.05, 0.1) is 18.5 Å².